The minimum absolute atomic E-state index is 0.00848. The standard InChI is InChI=1S/C26H25N3O2S/c30-25-15-8-16-28(25)21-12-5-4-11-20(21)27-17-26(31)29-22-13-6-7-14-24(22)32-18-23(29)19-9-2-1-3-10-19/h1-7,9-14,23,27H,8,15-18H2/t23-/m0/s1. The van der Waals surface area contributed by atoms with E-state index >= 15 is 0 Å². The van der Waals surface area contributed by atoms with Gasteiger partial charge in [0, 0.05) is 23.6 Å². The zero-order valence-electron chi connectivity index (χ0n) is 17.7. The molecule has 2 aliphatic heterocycles. The fourth-order valence-corrected chi connectivity index (χ4v) is 5.60. The van der Waals surface area contributed by atoms with Gasteiger partial charge in [-0.2, -0.15) is 0 Å². The molecule has 2 amide bonds. The highest BCUT2D eigenvalue weighted by molar-refractivity contribution is 7.99. The maximum absolute atomic E-state index is 13.6. The van der Waals surface area contributed by atoms with Crippen molar-refractivity contribution in [1.82, 2.24) is 0 Å². The normalized spacial score (nSPS) is 17.9. The number of anilines is 3. The van der Waals surface area contributed by atoms with E-state index in [-0.39, 0.29) is 24.4 Å². The number of thioether (sulfide) groups is 1. The highest BCUT2D eigenvalue weighted by Crippen LogP contribution is 2.43. The lowest BCUT2D eigenvalue weighted by atomic mass is 10.1. The van der Waals surface area contributed by atoms with Gasteiger partial charge in [0.1, 0.15) is 0 Å². The minimum atomic E-state index is -0.0270. The van der Waals surface area contributed by atoms with Crippen molar-refractivity contribution in [3.8, 4) is 0 Å². The molecule has 2 aliphatic rings. The Morgan fingerprint density at radius 2 is 1.66 bits per heavy atom. The number of nitrogens with one attached hydrogen (secondary N) is 1. The first-order valence-electron chi connectivity index (χ1n) is 10.9. The van der Waals surface area contributed by atoms with Crippen LogP contribution >= 0.6 is 11.8 Å². The second-order valence-electron chi connectivity index (χ2n) is 7.99. The Kier molecular flexibility index (Phi) is 5.86. The largest absolute Gasteiger partial charge is 0.374 e. The molecule has 3 aromatic carbocycles. The first-order chi connectivity index (χ1) is 15.7. The van der Waals surface area contributed by atoms with E-state index in [1.807, 2.05) is 70.5 Å². The van der Waals surface area contributed by atoms with Gasteiger partial charge in [0.25, 0.3) is 0 Å². The molecule has 162 valence electrons. The van der Waals surface area contributed by atoms with Crippen molar-refractivity contribution in [3.63, 3.8) is 0 Å². The minimum Gasteiger partial charge on any atom is -0.374 e. The Morgan fingerprint density at radius 3 is 2.44 bits per heavy atom. The summed E-state index contributed by atoms with van der Waals surface area (Å²) in [6.45, 7) is 0.875. The molecule has 0 unspecified atom stereocenters. The van der Waals surface area contributed by atoms with E-state index in [0.717, 1.165) is 46.2 Å². The smallest absolute Gasteiger partial charge is 0.246 e. The van der Waals surface area contributed by atoms with E-state index in [0.29, 0.717) is 6.42 Å². The van der Waals surface area contributed by atoms with Crippen LogP contribution in [0.4, 0.5) is 17.1 Å². The predicted molar refractivity (Wildman–Crippen MR) is 130 cm³/mol. The molecule has 0 aromatic heterocycles. The third-order valence-electron chi connectivity index (χ3n) is 5.98. The van der Waals surface area contributed by atoms with Crippen LogP contribution in [-0.2, 0) is 9.59 Å². The Labute approximate surface area is 192 Å². The monoisotopic (exact) mass is 443 g/mol. The number of fused-ring (bicyclic) bond motifs is 1. The quantitative estimate of drug-likeness (QED) is 0.596. The summed E-state index contributed by atoms with van der Waals surface area (Å²) >= 11 is 1.79. The van der Waals surface area contributed by atoms with Crippen molar-refractivity contribution in [2.45, 2.75) is 23.8 Å². The molecule has 6 heteroatoms. The summed E-state index contributed by atoms with van der Waals surface area (Å²) in [5.74, 6) is 0.955. The number of hydrogen-bond donors (Lipinski definition) is 1. The summed E-state index contributed by atoms with van der Waals surface area (Å²) in [6.07, 6.45) is 1.45. The fraction of sp³-hybridized carbons (Fsp3) is 0.231. The van der Waals surface area contributed by atoms with Gasteiger partial charge in [-0.05, 0) is 36.2 Å². The number of amides is 2. The molecule has 0 radical (unpaired) electrons. The van der Waals surface area contributed by atoms with E-state index < -0.39 is 0 Å². The van der Waals surface area contributed by atoms with Crippen LogP contribution in [0.2, 0.25) is 0 Å². The highest BCUT2D eigenvalue weighted by atomic mass is 32.2. The van der Waals surface area contributed by atoms with Crippen LogP contribution in [0.25, 0.3) is 0 Å². The van der Waals surface area contributed by atoms with Gasteiger partial charge in [0.15, 0.2) is 0 Å². The van der Waals surface area contributed by atoms with Crippen LogP contribution in [0.5, 0.6) is 0 Å². The predicted octanol–water partition coefficient (Wildman–Crippen LogP) is 5.11. The zero-order chi connectivity index (χ0) is 21.9. The van der Waals surface area contributed by atoms with E-state index in [1.54, 1.807) is 11.8 Å². The lowest BCUT2D eigenvalue weighted by Crippen LogP contribution is -2.41. The lowest BCUT2D eigenvalue weighted by Gasteiger charge is -2.37. The molecule has 2 heterocycles. The summed E-state index contributed by atoms with van der Waals surface area (Å²) in [5, 5.41) is 3.32. The number of nitrogens with zero attached hydrogens (tertiary/aromatic N) is 2. The Morgan fingerprint density at radius 1 is 0.938 bits per heavy atom. The van der Waals surface area contributed by atoms with Crippen LogP contribution in [0.1, 0.15) is 24.4 Å². The molecule has 5 rings (SSSR count). The summed E-state index contributed by atoms with van der Waals surface area (Å²) in [6, 6.07) is 26.0. The molecule has 1 N–H and O–H groups in total. The molecule has 0 bridgehead atoms. The van der Waals surface area contributed by atoms with Gasteiger partial charge in [0.05, 0.1) is 29.6 Å². The van der Waals surface area contributed by atoms with Crippen LogP contribution in [-0.4, -0.2) is 30.7 Å². The number of rotatable bonds is 5. The second-order valence-corrected chi connectivity index (χ2v) is 9.05. The van der Waals surface area contributed by atoms with Crippen molar-refractivity contribution in [2.75, 3.05) is 34.0 Å². The van der Waals surface area contributed by atoms with Crippen molar-refractivity contribution in [2.24, 2.45) is 0 Å². The highest BCUT2D eigenvalue weighted by Gasteiger charge is 2.32. The van der Waals surface area contributed by atoms with Gasteiger partial charge in [-0.25, -0.2) is 0 Å². The van der Waals surface area contributed by atoms with Crippen molar-refractivity contribution >= 4 is 40.6 Å². The van der Waals surface area contributed by atoms with E-state index in [9.17, 15) is 9.59 Å². The van der Waals surface area contributed by atoms with Gasteiger partial charge < -0.3 is 15.1 Å². The molecule has 32 heavy (non-hydrogen) atoms. The third-order valence-corrected chi connectivity index (χ3v) is 7.12. The molecule has 0 saturated carbocycles. The first kappa shape index (κ1) is 20.6. The van der Waals surface area contributed by atoms with Crippen LogP contribution in [0.3, 0.4) is 0 Å². The molecule has 1 atom stereocenters. The van der Waals surface area contributed by atoms with E-state index in [1.165, 1.54) is 0 Å². The third kappa shape index (κ3) is 3.98. The molecule has 0 spiro atoms. The number of para-hydroxylation sites is 3. The van der Waals surface area contributed by atoms with Crippen molar-refractivity contribution in [3.05, 3.63) is 84.4 Å². The zero-order valence-corrected chi connectivity index (χ0v) is 18.6. The summed E-state index contributed by atoms with van der Waals surface area (Å²) < 4.78 is 0. The average molecular weight is 444 g/mol. The number of carbonyl (C=O) groups excluding carboxylic acids is 2. The van der Waals surface area contributed by atoms with E-state index in [2.05, 4.69) is 23.5 Å². The Bertz CT molecular complexity index is 1130. The van der Waals surface area contributed by atoms with Crippen LogP contribution in [0, 0.1) is 0 Å². The maximum atomic E-state index is 13.6. The van der Waals surface area contributed by atoms with Crippen molar-refractivity contribution < 1.29 is 9.59 Å². The molecule has 3 aromatic rings. The first-order valence-corrected chi connectivity index (χ1v) is 11.9. The van der Waals surface area contributed by atoms with Crippen molar-refractivity contribution in [1.29, 1.82) is 0 Å². The summed E-state index contributed by atoms with van der Waals surface area (Å²) in [4.78, 5) is 30.7. The SMILES string of the molecule is O=C1CCCN1c1ccccc1NCC(=O)N1c2ccccc2SC[C@H]1c1ccccc1. The van der Waals surface area contributed by atoms with Gasteiger partial charge >= 0.3 is 0 Å². The van der Waals surface area contributed by atoms with Crippen LogP contribution in [0.15, 0.2) is 83.8 Å². The topological polar surface area (TPSA) is 52.7 Å². The molecule has 1 saturated heterocycles. The molecular formula is C26H25N3O2S. The van der Waals surface area contributed by atoms with Crippen LogP contribution < -0.4 is 15.1 Å². The molecule has 0 aliphatic carbocycles. The second kappa shape index (κ2) is 9.09. The average Bonchev–Trinajstić information content (AvgIpc) is 3.28. The van der Waals surface area contributed by atoms with Gasteiger partial charge in [-0.15, -0.1) is 11.8 Å². The van der Waals surface area contributed by atoms with Gasteiger partial charge in [-0.1, -0.05) is 54.6 Å². The summed E-state index contributed by atoms with van der Waals surface area (Å²) in [5.41, 5.74) is 3.74. The summed E-state index contributed by atoms with van der Waals surface area (Å²) in [7, 11) is 0. The van der Waals surface area contributed by atoms with Gasteiger partial charge in [-0.3, -0.25) is 9.59 Å². The number of carbonyl (C=O) groups is 2. The number of hydrogen-bond acceptors (Lipinski definition) is 4. The maximum Gasteiger partial charge on any atom is 0.246 e. The molecule has 1 fully saturated rings. The number of benzene rings is 3. The van der Waals surface area contributed by atoms with E-state index in [4.69, 9.17) is 0 Å². The lowest BCUT2D eigenvalue weighted by molar-refractivity contribution is -0.118. The fourth-order valence-electron chi connectivity index (χ4n) is 4.44. The Hall–Kier alpha value is -3.25. The molecule has 5 nitrogen and oxygen atoms in total. The Balaban J connectivity index is 1.41. The molecular weight excluding hydrogens is 418 g/mol. The van der Waals surface area contributed by atoms with Gasteiger partial charge in [0.2, 0.25) is 11.8 Å².